The number of hydrogen-bond acceptors (Lipinski definition) is 1. The zero-order chi connectivity index (χ0) is 16.2. The highest BCUT2D eigenvalue weighted by atomic mass is 19.1. The summed E-state index contributed by atoms with van der Waals surface area (Å²) in [7, 11) is 0. The maximum absolute atomic E-state index is 13.0. The summed E-state index contributed by atoms with van der Waals surface area (Å²) in [5.74, 6) is -0.662. The summed E-state index contributed by atoms with van der Waals surface area (Å²) in [4.78, 5) is 11.8. The van der Waals surface area contributed by atoms with E-state index in [1.165, 1.54) is 23.8 Å². The molecular weight excluding hydrogens is 277 g/mol. The Labute approximate surface area is 130 Å². The predicted octanol–water partition coefficient (Wildman–Crippen LogP) is 4.78. The Balaban J connectivity index is 2.00. The van der Waals surface area contributed by atoms with E-state index in [1.807, 2.05) is 12.1 Å². The Morgan fingerprint density at radius 3 is 2.36 bits per heavy atom. The van der Waals surface area contributed by atoms with Gasteiger partial charge in [0.05, 0.1) is 0 Å². The summed E-state index contributed by atoms with van der Waals surface area (Å²) in [6, 6.07) is 13.9. The Morgan fingerprint density at radius 1 is 1.09 bits per heavy atom. The van der Waals surface area contributed by atoms with Crippen LogP contribution in [-0.4, -0.2) is 5.91 Å². The van der Waals surface area contributed by atoms with Crippen LogP contribution in [0.3, 0.4) is 0 Å². The van der Waals surface area contributed by atoms with E-state index in [0.717, 1.165) is 5.56 Å². The summed E-state index contributed by atoms with van der Waals surface area (Å²) in [5, 5.41) is 2.62. The first kappa shape index (κ1) is 16.0. The Kier molecular flexibility index (Phi) is 4.76. The molecule has 114 valence electrons. The minimum absolute atomic E-state index is 0.108. The fourth-order valence-electron chi connectivity index (χ4n) is 2.02. The van der Waals surface area contributed by atoms with Gasteiger partial charge in [0.1, 0.15) is 5.82 Å². The van der Waals surface area contributed by atoms with Crippen molar-refractivity contribution in [2.45, 2.75) is 26.2 Å². The van der Waals surface area contributed by atoms with Crippen LogP contribution >= 0.6 is 0 Å². The van der Waals surface area contributed by atoms with E-state index >= 15 is 0 Å². The van der Waals surface area contributed by atoms with Crippen molar-refractivity contribution in [3.63, 3.8) is 0 Å². The van der Waals surface area contributed by atoms with Crippen LogP contribution in [0.5, 0.6) is 0 Å². The van der Waals surface area contributed by atoms with Gasteiger partial charge >= 0.3 is 0 Å². The standard InChI is InChI=1S/C19H20FNO/c1-19(2,3)15-10-7-14(8-11-15)9-12-18(22)21-17-6-4-5-16(20)13-17/h4-13H,1-3H3,(H,21,22). The minimum atomic E-state index is -0.375. The first-order chi connectivity index (χ1) is 10.3. The molecule has 0 bridgehead atoms. The number of benzene rings is 2. The van der Waals surface area contributed by atoms with E-state index in [9.17, 15) is 9.18 Å². The second-order valence-electron chi connectivity index (χ2n) is 6.20. The summed E-state index contributed by atoms with van der Waals surface area (Å²) in [5.41, 5.74) is 2.74. The molecule has 0 saturated heterocycles. The molecule has 0 saturated carbocycles. The van der Waals surface area contributed by atoms with Crippen molar-refractivity contribution in [1.29, 1.82) is 0 Å². The highest BCUT2D eigenvalue weighted by Gasteiger charge is 2.12. The van der Waals surface area contributed by atoms with Crippen molar-refractivity contribution in [2.75, 3.05) is 5.32 Å². The lowest BCUT2D eigenvalue weighted by atomic mass is 9.87. The molecule has 0 heterocycles. The van der Waals surface area contributed by atoms with Gasteiger partial charge in [0.25, 0.3) is 0 Å². The summed E-state index contributed by atoms with van der Waals surface area (Å²) in [6.07, 6.45) is 3.18. The average molecular weight is 297 g/mol. The minimum Gasteiger partial charge on any atom is -0.322 e. The number of halogens is 1. The third-order valence-corrected chi connectivity index (χ3v) is 3.30. The zero-order valence-electron chi connectivity index (χ0n) is 13.1. The normalized spacial score (nSPS) is 11.6. The lowest BCUT2D eigenvalue weighted by Crippen LogP contribution is -2.10. The van der Waals surface area contributed by atoms with E-state index in [4.69, 9.17) is 0 Å². The molecule has 0 spiro atoms. The SMILES string of the molecule is CC(C)(C)c1ccc(C=CC(=O)Nc2cccc(F)c2)cc1. The summed E-state index contributed by atoms with van der Waals surface area (Å²) in [6.45, 7) is 6.47. The second-order valence-corrected chi connectivity index (χ2v) is 6.20. The maximum atomic E-state index is 13.0. The van der Waals surface area contributed by atoms with Gasteiger partial charge in [-0.15, -0.1) is 0 Å². The number of carbonyl (C=O) groups is 1. The highest BCUT2D eigenvalue weighted by molar-refractivity contribution is 6.01. The lowest BCUT2D eigenvalue weighted by Gasteiger charge is -2.18. The fourth-order valence-corrected chi connectivity index (χ4v) is 2.02. The molecule has 0 atom stereocenters. The molecule has 0 aliphatic heterocycles. The third kappa shape index (κ3) is 4.55. The highest BCUT2D eigenvalue weighted by Crippen LogP contribution is 2.22. The molecule has 3 heteroatoms. The van der Waals surface area contributed by atoms with Crippen molar-refractivity contribution in [3.8, 4) is 0 Å². The van der Waals surface area contributed by atoms with Crippen molar-refractivity contribution in [3.05, 3.63) is 71.6 Å². The van der Waals surface area contributed by atoms with Crippen LogP contribution in [0.15, 0.2) is 54.6 Å². The largest absolute Gasteiger partial charge is 0.322 e. The fraction of sp³-hybridized carbons (Fsp3) is 0.211. The maximum Gasteiger partial charge on any atom is 0.248 e. The number of hydrogen-bond donors (Lipinski definition) is 1. The van der Waals surface area contributed by atoms with Gasteiger partial charge < -0.3 is 5.32 Å². The van der Waals surface area contributed by atoms with Gasteiger partial charge in [-0.05, 0) is 40.8 Å². The first-order valence-electron chi connectivity index (χ1n) is 7.20. The molecule has 0 radical (unpaired) electrons. The molecule has 2 rings (SSSR count). The van der Waals surface area contributed by atoms with Gasteiger partial charge in [0, 0.05) is 11.8 Å². The monoisotopic (exact) mass is 297 g/mol. The van der Waals surface area contributed by atoms with Crippen LogP contribution in [0, 0.1) is 5.82 Å². The van der Waals surface area contributed by atoms with Gasteiger partial charge in [-0.2, -0.15) is 0 Å². The van der Waals surface area contributed by atoms with Crippen LogP contribution in [-0.2, 0) is 10.2 Å². The van der Waals surface area contributed by atoms with Gasteiger partial charge in [-0.1, -0.05) is 51.1 Å². The molecule has 0 fully saturated rings. The van der Waals surface area contributed by atoms with E-state index in [-0.39, 0.29) is 17.1 Å². The molecule has 0 aromatic heterocycles. The molecular formula is C19H20FNO. The topological polar surface area (TPSA) is 29.1 Å². The smallest absolute Gasteiger partial charge is 0.248 e. The van der Waals surface area contributed by atoms with Gasteiger partial charge in [-0.3, -0.25) is 4.79 Å². The second kappa shape index (κ2) is 6.56. The quantitative estimate of drug-likeness (QED) is 0.812. The molecule has 0 aliphatic carbocycles. The molecule has 1 amide bonds. The van der Waals surface area contributed by atoms with Crippen molar-refractivity contribution >= 4 is 17.7 Å². The number of carbonyl (C=O) groups excluding carboxylic acids is 1. The predicted molar refractivity (Wildman–Crippen MR) is 89.2 cm³/mol. The van der Waals surface area contributed by atoms with Crippen molar-refractivity contribution < 1.29 is 9.18 Å². The summed E-state index contributed by atoms with van der Waals surface area (Å²) < 4.78 is 13.0. The Hall–Kier alpha value is -2.42. The van der Waals surface area contributed by atoms with Gasteiger partial charge in [-0.25, -0.2) is 4.39 Å². The number of amides is 1. The zero-order valence-corrected chi connectivity index (χ0v) is 13.1. The molecule has 0 unspecified atom stereocenters. The number of anilines is 1. The Morgan fingerprint density at radius 2 is 1.77 bits per heavy atom. The number of nitrogens with one attached hydrogen (secondary N) is 1. The van der Waals surface area contributed by atoms with E-state index in [1.54, 1.807) is 18.2 Å². The molecule has 2 nitrogen and oxygen atoms in total. The number of rotatable bonds is 3. The van der Waals surface area contributed by atoms with Crippen LogP contribution < -0.4 is 5.32 Å². The molecule has 0 aliphatic rings. The molecule has 2 aromatic carbocycles. The van der Waals surface area contributed by atoms with Crippen LogP contribution in [0.1, 0.15) is 31.9 Å². The molecule has 2 aromatic rings. The summed E-state index contributed by atoms with van der Waals surface area (Å²) >= 11 is 0. The van der Waals surface area contributed by atoms with Crippen LogP contribution in [0.25, 0.3) is 6.08 Å². The average Bonchev–Trinajstić information content (AvgIpc) is 2.45. The van der Waals surface area contributed by atoms with E-state index in [0.29, 0.717) is 5.69 Å². The Bertz CT molecular complexity index is 681. The van der Waals surface area contributed by atoms with Crippen LogP contribution in [0.2, 0.25) is 0 Å². The van der Waals surface area contributed by atoms with Crippen molar-refractivity contribution in [2.24, 2.45) is 0 Å². The molecule has 1 N–H and O–H groups in total. The van der Waals surface area contributed by atoms with Gasteiger partial charge in [0.15, 0.2) is 0 Å². The van der Waals surface area contributed by atoms with Gasteiger partial charge in [0.2, 0.25) is 5.91 Å². The van der Waals surface area contributed by atoms with E-state index < -0.39 is 0 Å². The lowest BCUT2D eigenvalue weighted by molar-refractivity contribution is -0.111. The third-order valence-electron chi connectivity index (χ3n) is 3.30. The molecule has 22 heavy (non-hydrogen) atoms. The first-order valence-corrected chi connectivity index (χ1v) is 7.20. The van der Waals surface area contributed by atoms with Crippen LogP contribution in [0.4, 0.5) is 10.1 Å². The van der Waals surface area contributed by atoms with Crippen molar-refractivity contribution in [1.82, 2.24) is 0 Å². The van der Waals surface area contributed by atoms with E-state index in [2.05, 4.69) is 38.2 Å².